The number of nitrogens with zero attached hydrogens (tertiary/aromatic N) is 5. The Balaban J connectivity index is 1.52. The predicted molar refractivity (Wildman–Crippen MR) is 146 cm³/mol. The zero-order valence-corrected chi connectivity index (χ0v) is 21.3. The largest absolute Gasteiger partial charge is 0.322 e. The minimum absolute atomic E-state index is 0.0615. The van der Waals surface area contributed by atoms with Crippen molar-refractivity contribution in [1.29, 1.82) is 0 Å². The standard InChI is InChI=1S/C30H32N6O/c1-3-22-15-16-27-25(17-22)18-26(30(37)31-27)21-35(19-23-11-7-5-8-12-23)28(4-2)29-32-33-34-36(29)20-24-13-9-6-10-14-24/h5-18,28H,3-4,19-21H2,1-2H3,(H,31,37)/t28-/m1/s1. The van der Waals surface area contributed by atoms with Crippen molar-refractivity contribution in [2.75, 3.05) is 0 Å². The van der Waals surface area contributed by atoms with Gasteiger partial charge < -0.3 is 4.98 Å². The van der Waals surface area contributed by atoms with Crippen LogP contribution in [0.2, 0.25) is 0 Å². The third-order valence-corrected chi connectivity index (χ3v) is 6.86. The first-order valence-electron chi connectivity index (χ1n) is 12.9. The zero-order chi connectivity index (χ0) is 25.6. The monoisotopic (exact) mass is 492 g/mol. The van der Waals surface area contributed by atoms with Gasteiger partial charge in [0.2, 0.25) is 0 Å². The number of aromatic amines is 1. The Morgan fingerprint density at radius 2 is 1.59 bits per heavy atom. The van der Waals surface area contributed by atoms with Crippen molar-refractivity contribution in [2.45, 2.75) is 52.4 Å². The van der Waals surface area contributed by atoms with Crippen LogP contribution >= 0.6 is 0 Å². The summed E-state index contributed by atoms with van der Waals surface area (Å²) in [6.45, 7) is 6.02. The Labute approximate surface area is 216 Å². The maximum absolute atomic E-state index is 13.2. The Bertz CT molecular complexity index is 1510. The van der Waals surface area contributed by atoms with E-state index in [0.717, 1.165) is 40.7 Å². The van der Waals surface area contributed by atoms with Gasteiger partial charge in [-0.05, 0) is 63.5 Å². The average molecular weight is 493 g/mol. The molecule has 0 saturated heterocycles. The maximum atomic E-state index is 13.2. The van der Waals surface area contributed by atoms with Gasteiger partial charge in [0.15, 0.2) is 5.82 Å². The second kappa shape index (κ2) is 11.3. The van der Waals surface area contributed by atoms with Crippen LogP contribution in [0.5, 0.6) is 0 Å². The molecule has 188 valence electrons. The van der Waals surface area contributed by atoms with E-state index in [9.17, 15) is 4.79 Å². The molecule has 0 aliphatic rings. The normalized spacial score (nSPS) is 12.3. The van der Waals surface area contributed by atoms with E-state index >= 15 is 0 Å². The lowest BCUT2D eigenvalue weighted by Crippen LogP contribution is -2.32. The van der Waals surface area contributed by atoms with Gasteiger partial charge in [-0.25, -0.2) is 4.68 Å². The van der Waals surface area contributed by atoms with E-state index in [4.69, 9.17) is 0 Å². The van der Waals surface area contributed by atoms with Crippen LogP contribution in [0.4, 0.5) is 0 Å². The number of hydrogen-bond donors (Lipinski definition) is 1. The smallest absolute Gasteiger partial charge is 0.252 e. The number of aromatic nitrogens is 5. The second-order valence-corrected chi connectivity index (χ2v) is 9.39. The van der Waals surface area contributed by atoms with Crippen molar-refractivity contribution in [2.24, 2.45) is 0 Å². The highest BCUT2D eigenvalue weighted by Crippen LogP contribution is 2.27. The van der Waals surface area contributed by atoms with E-state index in [0.29, 0.717) is 19.6 Å². The highest BCUT2D eigenvalue weighted by atomic mass is 16.1. The van der Waals surface area contributed by atoms with Crippen molar-refractivity contribution in [3.8, 4) is 0 Å². The number of pyridine rings is 1. The van der Waals surface area contributed by atoms with Gasteiger partial charge in [-0.3, -0.25) is 9.69 Å². The molecule has 1 N–H and O–H groups in total. The molecule has 0 amide bonds. The maximum Gasteiger partial charge on any atom is 0.252 e. The van der Waals surface area contributed by atoms with Crippen LogP contribution in [-0.4, -0.2) is 30.1 Å². The number of fused-ring (bicyclic) bond motifs is 1. The van der Waals surface area contributed by atoms with Crippen LogP contribution in [0.1, 0.15) is 54.4 Å². The number of rotatable bonds is 10. The minimum Gasteiger partial charge on any atom is -0.322 e. The molecule has 2 aromatic heterocycles. The van der Waals surface area contributed by atoms with Crippen LogP contribution in [0.25, 0.3) is 10.9 Å². The van der Waals surface area contributed by atoms with Crippen LogP contribution in [0.15, 0.2) is 89.7 Å². The molecule has 3 aromatic carbocycles. The van der Waals surface area contributed by atoms with E-state index in [1.165, 1.54) is 11.1 Å². The quantitative estimate of drug-likeness (QED) is 0.287. The SMILES string of the molecule is CCc1ccc2[nH]c(=O)c(CN(Cc3ccccc3)[C@H](CC)c3nnnn3Cc3ccccc3)cc2c1. The highest BCUT2D eigenvalue weighted by Gasteiger charge is 2.26. The Morgan fingerprint density at radius 1 is 0.865 bits per heavy atom. The van der Waals surface area contributed by atoms with Crippen molar-refractivity contribution in [3.05, 3.63) is 123 Å². The first-order valence-corrected chi connectivity index (χ1v) is 12.9. The summed E-state index contributed by atoms with van der Waals surface area (Å²) >= 11 is 0. The number of tetrazole rings is 1. The van der Waals surface area contributed by atoms with E-state index in [1.807, 2.05) is 53.2 Å². The fraction of sp³-hybridized carbons (Fsp3) is 0.267. The lowest BCUT2D eigenvalue weighted by Gasteiger charge is -2.30. The Morgan fingerprint density at radius 3 is 2.30 bits per heavy atom. The van der Waals surface area contributed by atoms with Crippen LogP contribution in [-0.2, 0) is 26.1 Å². The van der Waals surface area contributed by atoms with Crippen LogP contribution in [0.3, 0.4) is 0 Å². The summed E-state index contributed by atoms with van der Waals surface area (Å²) in [5.74, 6) is 0.799. The van der Waals surface area contributed by atoms with Crippen LogP contribution < -0.4 is 5.56 Å². The summed E-state index contributed by atoms with van der Waals surface area (Å²) in [6, 6.07) is 28.7. The lowest BCUT2D eigenvalue weighted by molar-refractivity contribution is 0.161. The molecule has 2 heterocycles. The summed E-state index contributed by atoms with van der Waals surface area (Å²) < 4.78 is 1.87. The van der Waals surface area contributed by atoms with Crippen molar-refractivity contribution in [1.82, 2.24) is 30.1 Å². The summed E-state index contributed by atoms with van der Waals surface area (Å²) in [5.41, 5.74) is 5.09. The van der Waals surface area contributed by atoms with Gasteiger partial charge in [-0.15, -0.1) is 5.10 Å². The molecule has 0 spiro atoms. The molecule has 7 nitrogen and oxygen atoms in total. The molecule has 7 heteroatoms. The molecule has 0 fully saturated rings. The van der Waals surface area contributed by atoms with Gasteiger partial charge in [0.25, 0.3) is 5.56 Å². The van der Waals surface area contributed by atoms with Crippen LogP contribution in [0, 0.1) is 0 Å². The summed E-state index contributed by atoms with van der Waals surface area (Å²) in [7, 11) is 0. The fourth-order valence-corrected chi connectivity index (χ4v) is 4.87. The summed E-state index contributed by atoms with van der Waals surface area (Å²) in [4.78, 5) is 18.5. The molecule has 0 radical (unpaired) electrons. The number of nitrogens with one attached hydrogen (secondary N) is 1. The van der Waals surface area contributed by atoms with E-state index in [-0.39, 0.29) is 11.6 Å². The number of benzene rings is 3. The van der Waals surface area contributed by atoms with Gasteiger partial charge in [-0.1, -0.05) is 80.6 Å². The molecule has 0 unspecified atom stereocenters. The molecular formula is C30H32N6O. The molecule has 1 atom stereocenters. The highest BCUT2D eigenvalue weighted by molar-refractivity contribution is 5.79. The third-order valence-electron chi connectivity index (χ3n) is 6.86. The third kappa shape index (κ3) is 5.67. The fourth-order valence-electron chi connectivity index (χ4n) is 4.87. The van der Waals surface area contributed by atoms with Gasteiger partial charge in [0.1, 0.15) is 0 Å². The minimum atomic E-state index is -0.0732. The molecule has 0 saturated carbocycles. The van der Waals surface area contributed by atoms with E-state index in [1.54, 1.807) is 0 Å². The first-order chi connectivity index (χ1) is 18.1. The first kappa shape index (κ1) is 24.6. The van der Waals surface area contributed by atoms with Gasteiger partial charge in [0.05, 0.1) is 12.6 Å². The van der Waals surface area contributed by atoms with E-state index in [2.05, 4.69) is 75.7 Å². The van der Waals surface area contributed by atoms with Crippen molar-refractivity contribution in [3.63, 3.8) is 0 Å². The predicted octanol–water partition coefficient (Wildman–Crippen LogP) is 5.28. The lowest BCUT2D eigenvalue weighted by atomic mass is 10.1. The zero-order valence-electron chi connectivity index (χ0n) is 21.3. The molecule has 37 heavy (non-hydrogen) atoms. The van der Waals surface area contributed by atoms with Crippen molar-refractivity contribution < 1.29 is 0 Å². The molecule has 0 bridgehead atoms. The topological polar surface area (TPSA) is 79.7 Å². The average Bonchev–Trinajstić information content (AvgIpc) is 3.38. The Kier molecular flexibility index (Phi) is 7.51. The number of aryl methyl sites for hydroxylation is 1. The Hall–Kier alpha value is -4.10. The van der Waals surface area contributed by atoms with Crippen molar-refractivity contribution >= 4 is 10.9 Å². The molecule has 5 rings (SSSR count). The van der Waals surface area contributed by atoms with E-state index < -0.39 is 0 Å². The molecule has 5 aromatic rings. The number of hydrogen-bond acceptors (Lipinski definition) is 5. The van der Waals surface area contributed by atoms with Gasteiger partial charge in [0, 0.05) is 24.2 Å². The summed E-state index contributed by atoms with van der Waals surface area (Å²) in [5, 5.41) is 13.9. The van der Waals surface area contributed by atoms with Gasteiger partial charge >= 0.3 is 0 Å². The molecule has 0 aliphatic carbocycles. The molecule has 0 aliphatic heterocycles. The molecular weight excluding hydrogens is 460 g/mol. The second-order valence-electron chi connectivity index (χ2n) is 9.39. The number of H-pyrrole nitrogens is 1. The summed E-state index contributed by atoms with van der Waals surface area (Å²) in [6.07, 6.45) is 1.75. The van der Waals surface area contributed by atoms with Gasteiger partial charge in [-0.2, -0.15) is 0 Å².